The number of nitrogens with zero attached hydrogens (tertiary/aromatic N) is 2. The fourth-order valence-electron chi connectivity index (χ4n) is 2.55. The van der Waals surface area contributed by atoms with Crippen LogP contribution in [0.5, 0.6) is 17.2 Å². The molecule has 1 amide bonds. The molecule has 0 N–H and O–H groups in total. The number of pyridine rings is 1. The first-order valence-corrected chi connectivity index (χ1v) is 8.01. The summed E-state index contributed by atoms with van der Waals surface area (Å²) in [7, 11) is 4.75. The monoisotopic (exact) mass is 344 g/mol. The fourth-order valence-corrected chi connectivity index (χ4v) is 2.55. The highest BCUT2D eigenvalue weighted by Gasteiger charge is 2.22. The lowest BCUT2D eigenvalue weighted by molar-refractivity contribution is 0.0688. The van der Waals surface area contributed by atoms with Gasteiger partial charge in [-0.2, -0.15) is 0 Å². The van der Waals surface area contributed by atoms with Gasteiger partial charge in [0.15, 0.2) is 11.5 Å². The van der Waals surface area contributed by atoms with Gasteiger partial charge in [0.2, 0.25) is 0 Å². The molecular formula is C19H24N2O4. The Morgan fingerprint density at radius 2 is 1.56 bits per heavy atom. The summed E-state index contributed by atoms with van der Waals surface area (Å²) in [5.41, 5.74) is 1.44. The number of carbonyl (C=O) groups is 1. The van der Waals surface area contributed by atoms with E-state index in [9.17, 15) is 4.79 Å². The van der Waals surface area contributed by atoms with Crippen LogP contribution in [0.1, 0.15) is 29.8 Å². The molecule has 0 aliphatic rings. The Kier molecular flexibility index (Phi) is 6.22. The summed E-state index contributed by atoms with van der Waals surface area (Å²) in [6, 6.07) is 7.04. The molecule has 0 radical (unpaired) electrons. The Hall–Kier alpha value is -2.76. The highest BCUT2D eigenvalue weighted by atomic mass is 16.5. The van der Waals surface area contributed by atoms with Crippen LogP contribution >= 0.6 is 0 Å². The molecule has 25 heavy (non-hydrogen) atoms. The minimum Gasteiger partial charge on any atom is -0.496 e. The summed E-state index contributed by atoms with van der Waals surface area (Å²) in [5, 5.41) is 0. The van der Waals surface area contributed by atoms with Gasteiger partial charge in [-0.05, 0) is 32.0 Å². The maximum atomic E-state index is 12.9. The largest absolute Gasteiger partial charge is 0.496 e. The van der Waals surface area contributed by atoms with E-state index in [1.165, 1.54) is 0 Å². The van der Waals surface area contributed by atoms with Crippen molar-refractivity contribution in [3.05, 3.63) is 47.8 Å². The standard InChI is InChI=1S/C19H24N2O4/c1-13(2)21(19(22)14-6-8-20-9-7-14)12-15-10-17(24-4)18(25-5)11-16(15)23-3/h6-11,13H,12H2,1-5H3. The quantitative estimate of drug-likeness (QED) is 0.772. The van der Waals surface area contributed by atoms with E-state index < -0.39 is 0 Å². The summed E-state index contributed by atoms with van der Waals surface area (Å²) in [4.78, 5) is 18.6. The lowest BCUT2D eigenvalue weighted by Gasteiger charge is -2.28. The Morgan fingerprint density at radius 1 is 1.00 bits per heavy atom. The molecular weight excluding hydrogens is 320 g/mol. The van der Waals surface area contributed by atoms with Crippen molar-refractivity contribution in [1.29, 1.82) is 0 Å². The predicted octanol–water partition coefficient (Wildman–Crippen LogP) is 3.16. The van der Waals surface area contributed by atoms with Crippen molar-refractivity contribution >= 4 is 5.91 Å². The molecule has 0 atom stereocenters. The van der Waals surface area contributed by atoms with Crippen LogP contribution in [0.25, 0.3) is 0 Å². The normalized spacial score (nSPS) is 10.5. The van der Waals surface area contributed by atoms with Gasteiger partial charge in [0, 0.05) is 35.6 Å². The molecule has 134 valence electrons. The Balaban J connectivity index is 2.38. The molecule has 0 aliphatic heterocycles. The lowest BCUT2D eigenvalue weighted by Crippen LogP contribution is -2.36. The van der Waals surface area contributed by atoms with Crippen LogP contribution in [-0.4, -0.2) is 43.2 Å². The topological polar surface area (TPSA) is 60.9 Å². The summed E-state index contributed by atoms with van der Waals surface area (Å²) in [6.07, 6.45) is 3.23. The highest BCUT2D eigenvalue weighted by Crippen LogP contribution is 2.35. The second-order valence-corrected chi connectivity index (χ2v) is 5.78. The third-order valence-electron chi connectivity index (χ3n) is 3.94. The van der Waals surface area contributed by atoms with E-state index in [1.807, 2.05) is 19.9 Å². The predicted molar refractivity (Wildman–Crippen MR) is 95.3 cm³/mol. The molecule has 1 aromatic carbocycles. The van der Waals surface area contributed by atoms with Gasteiger partial charge in [0.05, 0.1) is 27.9 Å². The van der Waals surface area contributed by atoms with E-state index in [-0.39, 0.29) is 11.9 Å². The van der Waals surface area contributed by atoms with Crippen molar-refractivity contribution in [3.8, 4) is 17.2 Å². The van der Waals surface area contributed by atoms with Gasteiger partial charge in [0.1, 0.15) is 5.75 Å². The average molecular weight is 344 g/mol. The summed E-state index contributed by atoms with van der Waals surface area (Å²) < 4.78 is 16.2. The van der Waals surface area contributed by atoms with Gasteiger partial charge in [0.25, 0.3) is 5.91 Å². The molecule has 0 aliphatic carbocycles. The molecule has 0 unspecified atom stereocenters. The zero-order valence-electron chi connectivity index (χ0n) is 15.3. The van der Waals surface area contributed by atoms with Crippen molar-refractivity contribution in [3.63, 3.8) is 0 Å². The van der Waals surface area contributed by atoms with E-state index >= 15 is 0 Å². The summed E-state index contributed by atoms with van der Waals surface area (Å²) in [6.45, 7) is 4.35. The summed E-state index contributed by atoms with van der Waals surface area (Å²) in [5.74, 6) is 1.76. The number of rotatable bonds is 7. The number of aromatic nitrogens is 1. The van der Waals surface area contributed by atoms with Crippen LogP contribution in [0.3, 0.4) is 0 Å². The van der Waals surface area contributed by atoms with Crippen LogP contribution in [-0.2, 0) is 6.54 Å². The zero-order valence-corrected chi connectivity index (χ0v) is 15.3. The number of ether oxygens (including phenoxy) is 3. The Morgan fingerprint density at radius 3 is 2.08 bits per heavy atom. The third kappa shape index (κ3) is 4.21. The molecule has 2 rings (SSSR count). The summed E-state index contributed by atoms with van der Waals surface area (Å²) >= 11 is 0. The van der Waals surface area contributed by atoms with E-state index in [4.69, 9.17) is 14.2 Å². The molecule has 1 heterocycles. The van der Waals surface area contributed by atoms with E-state index in [1.54, 1.807) is 56.8 Å². The van der Waals surface area contributed by atoms with Crippen molar-refractivity contribution < 1.29 is 19.0 Å². The molecule has 0 fully saturated rings. The van der Waals surface area contributed by atoms with Crippen LogP contribution in [0.4, 0.5) is 0 Å². The van der Waals surface area contributed by atoms with Gasteiger partial charge in [-0.3, -0.25) is 9.78 Å². The molecule has 2 aromatic rings. The van der Waals surface area contributed by atoms with Crippen LogP contribution in [0.2, 0.25) is 0 Å². The van der Waals surface area contributed by atoms with E-state index in [2.05, 4.69) is 4.98 Å². The highest BCUT2D eigenvalue weighted by molar-refractivity contribution is 5.94. The van der Waals surface area contributed by atoms with E-state index in [0.717, 1.165) is 5.56 Å². The minimum absolute atomic E-state index is 0.0125. The van der Waals surface area contributed by atoms with Crippen molar-refractivity contribution in [1.82, 2.24) is 9.88 Å². The molecule has 0 bridgehead atoms. The van der Waals surface area contributed by atoms with Gasteiger partial charge in [-0.25, -0.2) is 0 Å². The first-order valence-electron chi connectivity index (χ1n) is 8.01. The molecule has 6 heteroatoms. The van der Waals surface area contributed by atoms with Crippen LogP contribution in [0, 0.1) is 0 Å². The smallest absolute Gasteiger partial charge is 0.254 e. The SMILES string of the molecule is COc1cc(OC)c(OC)cc1CN(C(=O)c1ccncc1)C(C)C. The van der Waals surface area contributed by atoms with Gasteiger partial charge in [-0.1, -0.05) is 0 Å². The van der Waals surface area contributed by atoms with Crippen LogP contribution in [0.15, 0.2) is 36.7 Å². The fraction of sp³-hybridized carbons (Fsp3) is 0.368. The number of hydrogen-bond donors (Lipinski definition) is 0. The second kappa shape index (κ2) is 8.37. The molecule has 1 aromatic heterocycles. The van der Waals surface area contributed by atoms with Gasteiger partial charge >= 0.3 is 0 Å². The zero-order chi connectivity index (χ0) is 18.4. The Labute approximate surface area is 148 Å². The van der Waals surface area contributed by atoms with Gasteiger partial charge in [-0.15, -0.1) is 0 Å². The van der Waals surface area contributed by atoms with E-state index in [0.29, 0.717) is 29.4 Å². The number of benzene rings is 1. The Bertz CT molecular complexity index is 717. The lowest BCUT2D eigenvalue weighted by atomic mass is 10.1. The molecule has 6 nitrogen and oxygen atoms in total. The molecule has 0 saturated carbocycles. The number of amides is 1. The van der Waals surface area contributed by atoms with Crippen LogP contribution < -0.4 is 14.2 Å². The van der Waals surface area contributed by atoms with Gasteiger partial charge < -0.3 is 19.1 Å². The first-order chi connectivity index (χ1) is 12.0. The molecule has 0 spiro atoms. The third-order valence-corrected chi connectivity index (χ3v) is 3.94. The number of methoxy groups -OCH3 is 3. The molecule has 0 saturated heterocycles. The first kappa shape index (κ1) is 18.6. The van der Waals surface area contributed by atoms with Crippen molar-refractivity contribution in [2.24, 2.45) is 0 Å². The minimum atomic E-state index is -0.0609. The maximum absolute atomic E-state index is 12.9. The van der Waals surface area contributed by atoms with Crippen molar-refractivity contribution in [2.45, 2.75) is 26.4 Å². The maximum Gasteiger partial charge on any atom is 0.254 e. The average Bonchev–Trinajstić information content (AvgIpc) is 2.65. The number of hydrogen-bond acceptors (Lipinski definition) is 5. The van der Waals surface area contributed by atoms with Crippen molar-refractivity contribution in [2.75, 3.05) is 21.3 Å². The second-order valence-electron chi connectivity index (χ2n) is 5.78. The number of carbonyl (C=O) groups excluding carboxylic acids is 1.